The van der Waals surface area contributed by atoms with Crippen molar-refractivity contribution in [1.29, 1.82) is 0 Å². The number of ether oxygens (including phenoxy) is 2. The van der Waals surface area contributed by atoms with Crippen LogP contribution in [0, 0.1) is 0 Å². The fraction of sp³-hybridized carbons (Fsp3) is 0.100. The Kier molecular flexibility index (Phi) is 6.64. The molecule has 0 saturated heterocycles. The minimum Gasteiger partial charge on any atom is -0.497 e. The summed E-state index contributed by atoms with van der Waals surface area (Å²) in [5.74, 6) is 1.15. The van der Waals surface area contributed by atoms with Gasteiger partial charge in [-0.05, 0) is 54.7 Å². The van der Waals surface area contributed by atoms with Crippen LogP contribution >= 0.6 is 35.4 Å². The summed E-state index contributed by atoms with van der Waals surface area (Å²) in [5, 5.41) is 6.46. The van der Waals surface area contributed by atoms with Crippen molar-refractivity contribution in [1.82, 2.24) is 5.32 Å². The number of rotatable bonds is 5. The van der Waals surface area contributed by atoms with Crippen molar-refractivity contribution >= 4 is 52.1 Å². The fourth-order valence-electron chi connectivity index (χ4n) is 2.52. The van der Waals surface area contributed by atoms with E-state index in [0.717, 1.165) is 0 Å². The first-order valence-corrected chi connectivity index (χ1v) is 9.47. The minimum atomic E-state index is -0.513. The molecule has 2 N–H and O–H groups in total. The summed E-state index contributed by atoms with van der Waals surface area (Å²) in [5.41, 5.74) is 1.17. The number of thiocarbonyl (C=S) groups is 1. The van der Waals surface area contributed by atoms with E-state index in [1.165, 1.54) is 13.2 Å². The number of anilines is 1. The van der Waals surface area contributed by atoms with E-state index in [2.05, 4.69) is 10.6 Å². The highest BCUT2D eigenvalue weighted by molar-refractivity contribution is 7.80. The maximum Gasteiger partial charge on any atom is 0.293 e. The van der Waals surface area contributed by atoms with Gasteiger partial charge in [-0.1, -0.05) is 23.2 Å². The lowest BCUT2D eigenvalue weighted by Gasteiger charge is -2.13. The Morgan fingerprint density at radius 2 is 1.83 bits per heavy atom. The van der Waals surface area contributed by atoms with Crippen LogP contribution in [-0.2, 0) is 0 Å². The van der Waals surface area contributed by atoms with Crippen LogP contribution < -0.4 is 20.1 Å². The van der Waals surface area contributed by atoms with Crippen molar-refractivity contribution in [3.05, 3.63) is 64.3 Å². The van der Waals surface area contributed by atoms with Crippen molar-refractivity contribution in [2.45, 2.75) is 0 Å². The molecule has 3 rings (SSSR count). The summed E-state index contributed by atoms with van der Waals surface area (Å²) >= 11 is 17.3. The fourth-order valence-corrected chi connectivity index (χ4v) is 3.23. The molecule has 0 fully saturated rings. The van der Waals surface area contributed by atoms with Crippen molar-refractivity contribution in [2.75, 3.05) is 19.5 Å². The molecule has 0 radical (unpaired) electrons. The predicted octanol–water partition coefficient (Wildman–Crippen LogP) is 5.40. The molecular formula is C20H16Cl2N2O4S. The van der Waals surface area contributed by atoms with Crippen LogP contribution in [0.25, 0.3) is 11.3 Å². The third-order valence-electron chi connectivity index (χ3n) is 3.91. The van der Waals surface area contributed by atoms with E-state index in [9.17, 15) is 4.79 Å². The Hall–Kier alpha value is -2.74. The van der Waals surface area contributed by atoms with Gasteiger partial charge in [0.05, 0.1) is 24.9 Å². The average molecular weight is 451 g/mol. The standard InChI is InChI=1S/C20H16Cl2N2O4S/c1-26-12-4-6-17(27-2)15(10-12)23-20(29)24-19(25)18-8-7-16(28-18)13-5-3-11(21)9-14(13)22/h3-10H,1-2H3,(H2,23,24,25,29). The van der Waals surface area contributed by atoms with Gasteiger partial charge in [0.1, 0.15) is 17.3 Å². The van der Waals surface area contributed by atoms with Gasteiger partial charge in [0.25, 0.3) is 5.91 Å². The zero-order chi connectivity index (χ0) is 21.0. The van der Waals surface area contributed by atoms with Crippen molar-refractivity contribution in [3.63, 3.8) is 0 Å². The zero-order valence-corrected chi connectivity index (χ0v) is 17.7. The van der Waals surface area contributed by atoms with E-state index in [0.29, 0.717) is 38.6 Å². The molecule has 9 heteroatoms. The lowest BCUT2D eigenvalue weighted by Crippen LogP contribution is -2.34. The second-order valence-corrected chi connectivity index (χ2v) is 7.01. The van der Waals surface area contributed by atoms with E-state index < -0.39 is 5.91 Å². The highest BCUT2D eigenvalue weighted by Gasteiger charge is 2.16. The average Bonchev–Trinajstić information content (AvgIpc) is 3.17. The summed E-state index contributed by atoms with van der Waals surface area (Å²) in [6.45, 7) is 0. The quantitative estimate of drug-likeness (QED) is 0.507. The number of methoxy groups -OCH3 is 2. The van der Waals surface area contributed by atoms with Gasteiger partial charge in [-0.3, -0.25) is 10.1 Å². The Bertz CT molecular complexity index is 1070. The third kappa shape index (κ3) is 5.00. The van der Waals surface area contributed by atoms with Gasteiger partial charge < -0.3 is 19.2 Å². The smallest absolute Gasteiger partial charge is 0.293 e. The van der Waals surface area contributed by atoms with Crippen LogP contribution in [0.4, 0.5) is 5.69 Å². The van der Waals surface area contributed by atoms with Gasteiger partial charge in [-0.25, -0.2) is 0 Å². The molecule has 2 aromatic carbocycles. The Morgan fingerprint density at radius 1 is 1.03 bits per heavy atom. The number of benzene rings is 2. The first kappa shape index (κ1) is 21.0. The molecule has 0 aliphatic heterocycles. The molecule has 1 aromatic heterocycles. The lowest BCUT2D eigenvalue weighted by molar-refractivity contribution is 0.0951. The maximum atomic E-state index is 12.5. The van der Waals surface area contributed by atoms with Gasteiger partial charge in [0.15, 0.2) is 10.9 Å². The number of halogens is 2. The molecule has 0 aliphatic carbocycles. The van der Waals surface area contributed by atoms with Gasteiger partial charge in [-0.2, -0.15) is 0 Å². The number of nitrogens with one attached hydrogen (secondary N) is 2. The second-order valence-electron chi connectivity index (χ2n) is 5.76. The second kappa shape index (κ2) is 9.17. The number of amides is 1. The summed E-state index contributed by atoms with van der Waals surface area (Å²) in [6.07, 6.45) is 0. The number of hydrogen-bond donors (Lipinski definition) is 2. The lowest BCUT2D eigenvalue weighted by atomic mass is 10.2. The minimum absolute atomic E-state index is 0.0732. The molecule has 0 bridgehead atoms. The summed E-state index contributed by atoms with van der Waals surface area (Å²) < 4.78 is 16.1. The maximum absolute atomic E-state index is 12.5. The molecule has 150 valence electrons. The first-order chi connectivity index (χ1) is 13.9. The Morgan fingerprint density at radius 3 is 2.52 bits per heavy atom. The molecule has 0 unspecified atom stereocenters. The number of carbonyl (C=O) groups excluding carboxylic acids is 1. The molecule has 1 heterocycles. The summed E-state index contributed by atoms with van der Waals surface area (Å²) in [4.78, 5) is 12.5. The van der Waals surface area contributed by atoms with Crippen LogP contribution in [0.1, 0.15) is 10.6 Å². The normalized spacial score (nSPS) is 10.3. The SMILES string of the molecule is COc1ccc(OC)c(NC(=S)NC(=O)c2ccc(-c3ccc(Cl)cc3Cl)o2)c1. The Balaban J connectivity index is 1.71. The van der Waals surface area contributed by atoms with Crippen molar-refractivity contribution in [2.24, 2.45) is 0 Å². The number of carbonyl (C=O) groups is 1. The van der Waals surface area contributed by atoms with E-state index in [4.69, 9.17) is 49.3 Å². The first-order valence-electron chi connectivity index (χ1n) is 8.31. The van der Waals surface area contributed by atoms with Crippen LogP contribution in [-0.4, -0.2) is 25.2 Å². The molecule has 0 atom stereocenters. The van der Waals surface area contributed by atoms with Gasteiger partial charge in [0, 0.05) is 16.7 Å². The van der Waals surface area contributed by atoms with Crippen molar-refractivity contribution < 1.29 is 18.7 Å². The number of furan rings is 1. The monoisotopic (exact) mass is 450 g/mol. The highest BCUT2D eigenvalue weighted by Crippen LogP contribution is 2.32. The predicted molar refractivity (Wildman–Crippen MR) is 117 cm³/mol. The number of hydrogen-bond acceptors (Lipinski definition) is 5. The van der Waals surface area contributed by atoms with Gasteiger partial charge in [-0.15, -0.1) is 0 Å². The molecule has 29 heavy (non-hydrogen) atoms. The van der Waals surface area contributed by atoms with Gasteiger partial charge >= 0.3 is 0 Å². The topological polar surface area (TPSA) is 72.7 Å². The molecule has 6 nitrogen and oxygen atoms in total. The Labute approximate surface area is 182 Å². The van der Waals surface area contributed by atoms with E-state index in [1.807, 2.05) is 0 Å². The zero-order valence-electron chi connectivity index (χ0n) is 15.4. The molecule has 0 saturated carbocycles. The van der Waals surface area contributed by atoms with Crippen LogP contribution in [0.15, 0.2) is 52.9 Å². The van der Waals surface area contributed by atoms with Crippen LogP contribution in [0.2, 0.25) is 10.0 Å². The van der Waals surface area contributed by atoms with E-state index in [1.54, 1.807) is 49.6 Å². The molecule has 0 aliphatic rings. The third-order valence-corrected chi connectivity index (χ3v) is 4.66. The summed E-state index contributed by atoms with van der Waals surface area (Å²) in [7, 11) is 3.08. The molecule has 1 amide bonds. The molecule has 0 spiro atoms. The van der Waals surface area contributed by atoms with E-state index >= 15 is 0 Å². The van der Waals surface area contributed by atoms with Crippen molar-refractivity contribution in [3.8, 4) is 22.8 Å². The highest BCUT2D eigenvalue weighted by atomic mass is 35.5. The summed E-state index contributed by atoms with van der Waals surface area (Å²) in [6, 6.07) is 13.3. The van der Waals surface area contributed by atoms with Gasteiger partial charge in [0.2, 0.25) is 0 Å². The largest absolute Gasteiger partial charge is 0.497 e. The van der Waals surface area contributed by atoms with Crippen LogP contribution in [0.3, 0.4) is 0 Å². The van der Waals surface area contributed by atoms with E-state index in [-0.39, 0.29) is 10.9 Å². The molecule has 3 aromatic rings. The van der Waals surface area contributed by atoms with Crippen LogP contribution in [0.5, 0.6) is 11.5 Å². The molecular weight excluding hydrogens is 435 g/mol.